The van der Waals surface area contributed by atoms with E-state index in [0.29, 0.717) is 5.69 Å². The van der Waals surface area contributed by atoms with Gasteiger partial charge in [-0.1, -0.05) is 0 Å². The van der Waals surface area contributed by atoms with Crippen LogP contribution in [0.25, 0.3) is 0 Å². The minimum Gasteiger partial charge on any atom is -0.480 e. The van der Waals surface area contributed by atoms with E-state index >= 15 is 0 Å². The van der Waals surface area contributed by atoms with Gasteiger partial charge in [-0.25, -0.2) is 9.59 Å². The summed E-state index contributed by atoms with van der Waals surface area (Å²) < 4.78 is 0. The smallest absolute Gasteiger partial charge is 0.329 e. The molecule has 98 valence electrons. The van der Waals surface area contributed by atoms with Crippen molar-refractivity contribution in [3.05, 3.63) is 24.0 Å². The number of hydrogen-bond donors (Lipinski definition) is 2. The molecule has 2 amide bonds. The first-order chi connectivity index (χ1) is 8.35. The molecule has 0 aliphatic heterocycles. The van der Waals surface area contributed by atoms with Gasteiger partial charge in [0.25, 0.3) is 0 Å². The monoisotopic (exact) mass is 252 g/mol. The molecule has 7 nitrogen and oxygen atoms in total. The second-order valence-corrected chi connectivity index (χ2v) is 4.30. The third kappa shape index (κ3) is 3.16. The van der Waals surface area contributed by atoms with Crippen LogP contribution in [0.1, 0.15) is 19.5 Å². The van der Waals surface area contributed by atoms with E-state index in [4.69, 9.17) is 5.11 Å². The number of carboxylic acids is 1. The normalized spacial score (nSPS) is 10.8. The molecule has 1 aromatic heterocycles. The number of rotatable bonds is 4. The summed E-state index contributed by atoms with van der Waals surface area (Å²) in [6, 6.07) is 2.95. The van der Waals surface area contributed by atoms with E-state index in [2.05, 4.69) is 15.5 Å². The third-order valence-electron chi connectivity index (χ3n) is 2.71. The van der Waals surface area contributed by atoms with Crippen molar-refractivity contribution >= 4 is 12.0 Å². The van der Waals surface area contributed by atoms with Crippen molar-refractivity contribution in [2.24, 2.45) is 0 Å². The highest BCUT2D eigenvalue weighted by Crippen LogP contribution is 2.12. The zero-order chi connectivity index (χ0) is 13.8. The predicted octanol–water partition coefficient (Wildman–Crippen LogP) is 0.481. The summed E-state index contributed by atoms with van der Waals surface area (Å²) in [6.07, 6.45) is 1.53. The van der Waals surface area contributed by atoms with Gasteiger partial charge in [0.1, 0.15) is 5.54 Å². The Bertz CT molecular complexity index is 433. The lowest BCUT2D eigenvalue weighted by atomic mass is 10.1. The molecular formula is C11H16N4O3. The van der Waals surface area contributed by atoms with Gasteiger partial charge in [-0.15, -0.1) is 0 Å². The highest BCUT2D eigenvalue weighted by molar-refractivity contribution is 5.85. The number of carbonyl (C=O) groups excluding carboxylic acids is 1. The Morgan fingerprint density at radius 1 is 1.50 bits per heavy atom. The second-order valence-electron chi connectivity index (χ2n) is 4.30. The van der Waals surface area contributed by atoms with Crippen LogP contribution in [-0.4, -0.2) is 44.8 Å². The van der Waals surface area contributed by atoms with Crippen LogP contribution in [0, 0.1) is 0 Å². The number of hydrogen-bond acceptors (Lipinski definition) is 4. The Hall–Kier alpha value is -2.18. The molecule has 0 fully saturated rings. The highest BCUT2D eigenvalue weighted by Gasteiger charge is 2.35. The molecule has 1 aromatic rings. The Kier molecular flexibility index (Phi) is 4.19. The van der Waals surface area contributed by atoms with E-state index in [1.165, 1.54) is 27.1 Å². The van der Waals surface area contributed by atoms with Crippen molar-refractivity contribution in [1.82, 2.24) is 20.4 Å². The highest BCUT2D eigenvalue weighted by atomic mass is 16.4. The van der Waals surface area contributed by atoms with Gasteiger partial charge in [0.05, 0.1) is 12.2 Å². The molecule has 1 heterocycles. The molecule has 0 saturated carbocycles. The predicted molar refractivity (Wildman–Crippen MR) is 63.7 cm³/mol. The number of nitrogens with zero attached hydrogens (tertiary/aromatic N) is 3. The summed E-state index contributed by atoms with van der Waals surface area (Å²) in [4.78, 5) is 23.9. The number of aromatic nitrogens is 2. The molecule has 7 heteroatoms. The lowest BCUT2D eigenvalue weighted by molar-refractivity contribution is -0.146. The van der Waals surface area contributed by atoms with E-state index in [1.54, 1.807) is 12.1 Å². The van der Waals surface area contributed by atoms with E-state index in [-0.39, 0.29) is 6.54 Å². The third-order valence-corrected chi connectivity index (χ3v) is 2.71. The van der Waals surface area contributed by atoms with Gasteiger partial charge in [-0.2, -0.15) is 10.2 Å². The van der Waals surface area contributed by atoms with Crippen LogP contribution in [0.5, 0.6) is 0 Å². The van der Waals surface area contributed by atoms with Gasteiger partial charge < -0.3 is 15.3 Å². The first kappa shape index (κ1) is 13.9. The van der Waals surface area contributed by atoms with Gasteiger partial charge in [0.15, 0.2) is 0 Å². The number of amides is 2. The lowest BCUT2D eigenvalue weighted by Crippen LogP contribution is -2.53. The summed E-state index contributed by atoms with van der Waals surface area (Å²) in [5.74, 6) is -1.07. The van der Waals surface area contributed by atoms with Crippen molar-refractivity contribution in [3.8, 4) is 0 Å². The van der Waals surface area contributed by atoms with Crippen molar-refractivity contribution in [2.45, 2.75) is 25.9 Å². The number of aliphatic carboxylic acids is 1. The van der Waals surface area contributed by atoms with Crippen LogP contribution in [0.4, 0.5) is 4.79 Å². The van der Waals surface area contributed by atoms with Crippen molar-refractivity contribution < 1.29 is 14.7 Å². The number of nitrogens with one attached hydrogen (secondary N) is 1. The molecule has 0 bridgehead atoms. The fraction of sp³-hybridized carbons (Fsp3) is 0.455. The SMILES string of the molecule is CN(C(=O)NCc1cccnn1)C(C)(C)C(=O)O. The van der Waals surface area contributed by atoms with Gasteiger partial charge in [-0.05, 0) is 26.0 Å². The minimum atomic E-state index is -1.27. The van der Waals surface area contributed by atoms with Crippen molar-refractivity contribution in [3.63, 3.8) is 0 Å². The van der Waals surface area contributed by atoms with Crippen molar-refractivity contribution in [2.75, 3.05) is 7.05 Å². The molecule has 2 N–H and O–H groups in total. The second kappa shape index (κ2) is 5.44. The molecule has 0 aliphatic carbocycles. The van der Waals surface area contributed by atoms with E-state index in [0.717, 1.165) is 4.90 Å². The first-order valence-electron chi connectivity index (χ1n) is 5.37. The first-order valence-corrected chi connectivity index (χ1v) is 5.37. The number of carboxylic acid groups (broad SMARTS) is 1. The van der Waals surface area contributed by atoms with E-state index in [1.807, 2.05) is 0 Å². The van der Waals surface area contributed by atoms with Gasteiger partial charge in [-0.3, -0.25) is 0 Å². The summed E-state index contributed by atoms with van der Waals surface area (Å²) in [5, 5.41) is 19.1. The zero-order valence-corrected chi connectivity index (χ0v) is 10.5. The van der Waals surface area contributed by atoms with Crippen LogP contribution in [0.3, 0.4) is 0 Å². The zero-order valence-electron chi connectivity index (χ0n) is 10.5. The Morgan fingerprint density at radius 3 is 2.67 bits per heavy atom. The maximum absolute atomic E-state index is 11.8. The van der Waals surface area contributed by atoms with E-state index < -0.39 is 17.5 Å². The van der Waals surface area contributed by atoms with Crippen LogP contribution in [0.2, 0.25) is 0 Å². The molecule has 0 atom stereocenters. The quantitative estimate of drug-likeness (QED) is 0.812. The average Bonchev–Trinajstić information content (AvgIpc) is 2.36. The summed E-state index contributed by atoms with van der Waals surface area (Å²) in [5.41, 5.74) is -0.667. The number of carbonyl (C=O) groups is 2. The fourth-order valence-electron chi connectivity index (χ4n) is 1.11. The topological polar surface area (TPSA) is 95.4 Å². The lowest BCUT2D eigenvalue weighted by Gasteiger charge is -2.31. The van der Waals surface area contributed by atoms with Crippen LogP contribution in [0.15, 0.2) is 18.3 Å². The van der Waals surface area contributed by atoms with E-state index in [9.17, 15) is 9.59 Å². The van der Waals surface area contributed by atoms with Crippen LogP contribution in [-0.2, 0) is 11.3 Å². The maximum Gasteiger partial charge on any atom is 0.329 e. The Morgan fingerprint density at radius 2 is 2.17 bits per heavy atom. The molecule has 1 rings (SSSR count). The molecule has 0 radical (unpaired) electrons. The standard InChI is InChI=1S/C11H16N4O3/c1-11(2,9(16)17)15(3)10(18)12-7-8-5-4-6-13-14-8/h4-6H,7H2,1-3H3,(H,12,18)(H,16,17). The van der Waals surface area contributed by atoms with Gasteiger partial charge in [0.2, 0.25) is 0 Å². The molecule has 0 aliphatic rings. The van der Waals surface area contributed by atoms with Crippen molar-refractivity contribution in [1.29, 1.82) is 0 Å². The number of likely N-dealkylation sites (N-methyl/N-ethyl adjacent to an activating group) is 1. The molecule has 0 spiro atoms. The molecule has 0 aromatic carbocycles. The molecule has 0 unspecified atom stereocenters. The number of urea groups is 1. The molecule has 18 heavy (non-hydrogen) atoms. The molecular weight excluding hydrogens is 236 g/mol. The summed E-state index contributed by atoms with van der Waals surface area (Å²) in [6.45, 7) is 3.11. The van der Waals surface area contributed by atoms with Crippen LogP contribution >= 0.6 is 0 Å². The fourth-order valence-corrected chi connectivity index (χ4v) is 1.11. The van der Waals surface area contributed by atoms with Gasteiger partial charge in [0, 0.05) is 13.2 Å². The minimum absolute atomic E-state index is 0.201. The maximum atomic E-state index is 11.8. The molecule has 0 saturated heterocycles. The largest absolute Gasteiger partial charge is 0.480 e. The van der Waals surface area contributed by atoms with Crippen LogP contribution < -0.4 is 5.32 Å². The Labute approximate surface area is 105 Å². The summed E-state index contributed by atoms with van der Waals surface area (Å²) >= 11 is 0. The van der Waals surface area contributed by atoms with Gasteiger partial charge >= 0.3 is 12.0 Å². The average molecular weight is 252 g/mol. The summed E-state index contributed by atoms with van der Waals surface area (Å²) in [7, 11) is 1.43. The Balaban J connectivity index is 2.59.